The number of nitrogens with zero attached hydrogens (tertiary/aromatic N) is 2. The van der Waals surface area contributed by atoms with E-state index in [9.17, 15) is 5.11 Å². The van der Waals surface area contributed by atoms with Crippen LogP contribution in [0.1, 0.15) is 24.4 Å². The number of aryl methyl sites for hydroxylation is 1. The van der Waals surface area contributed by atoms with Crippen LogP contribution in [0.5, 0.6) is 0 Å². The van der Waals surface area contributed by atoms with Crippen molar-refractivity contribution in [2.24, 2.45) is 5.92 Å². The quantitative estimate of drug-likeness (QED) is 0.776. The van der Waals surface area contributed by atoms with Gasteiger partial charge in [-0.1, -0.05) is 11.4 Å². The molecule has 2 unspecified atom stereocenters. The monoisotopic (exact) mass is 186 g/mol. The molecule has 0 radical (unpaired) electrons. The SMILES string of the molecule is Cc1nnsc1CC(C)C(C)O. The topological polar surface area (TPSA) is 46.0 Å². The van der Waals surface area contributed by atoms with Gasteiger partial charge in [0.25, 0.3) is 0 Å². The van der Waals surface area contributed by atoms with E-state index in [2.05, 4.69) is 9.59 Å². The molecule has 3 nitrogen and oxygen atoms in total. The molecule has 1 N–H and O–H groups in total. The fraction of sp³-hybridized carbons (Fsp3) is 0.750. The molecule has 0 bridgehead atoms. The van der Waals surface area contributed by atoms with E-state index in [-0.39, 0.29) is 12.0 Å². The lowest BCUT2D eigenvalue weighted by atomic mass is 10.0. The molecule has 12 heavy (non-hydrogen) atoms. The van der Waals surface area contributed by atoms with Crippen molar-refractivity contribution in [1.82, 2.24) is 9.59 Å². The van der Waals surface area contributed by atoms with Crippen molar-refractivity contribution in [2.45, 2.75) is 33.3 Å². The van der Waals surface area contributed by atoms with Crippen LogP contribution in [0.25, 0.3) is 0 Å². The number of rotatable bonds is 3. The summed E-state index contributed by atoms with van der Waals surface area (Å²) < 4.78 is 3.84. The Morgan fingerprint density at radius 1 is 1.50 bits per heavy atom. The zero-order chi connectivity index (χ0) is 9.14. The zero-order valence-corrected chi connectivity index (χ0v) is 8.43. The van der Waals surface area contributed by atoms with E-state index in [0.717, 1.165) is 12.1 Å². The molecule has 0 aliphatic carbocycles. The molecule has 4 heteroatoms. The van der Waals surface area contributed by atoms with Crippen molar-refractivity contribution >= 4 is 11.5 Å². The minimum absolute atomic E-state index is 0.258. The number of hydrogen-bond donors (Lipinski definition) is 1. The summed E-state index contributed by atoms with van der Waals surface area (Å²) in [6.45, 7) is 5.80. The fourth-order valence-electron chi connectivity index (χ4n) is 0.901. The molecule has 1 aromatic rings. The normalized spacial score (nSPS) is 16.0. The Hall–Kier alpha value is -0.480. The Balaban J connectivity index is 2.58. The van der Waals surface area contributed by atoms with E-state index in [0.29, 0.717) is 0 Å². The Morgan fingerprint density at radius 2 is 2.17 bits per heavy atom. The van der Waals surface area contributed by atoms with Gasteiger partial charge in [-0.2, -0.15) is 0 Å². The average molecular weight is 186 g/mol. The van der Waals surface area contributed by atoms with Crippen LogP contribution in [0.15, 0.2) is 0 Å². The molecule has 0 saturated heterocycles. The Kier molecular flexibility index (Phi) is 3.17. The summed E-state index contributed by atoms with van der Waals surface area (Å²) in [5.41, 5.74) is 0.993. The highest BCUT2D eigenvalue weighted by atomic mass is 32.1. The molecule has 0 aromatic carbocycles. The maximum atomic E-state index is 9.27. The summed E-state index contributed by atoms with van der Waals surface area (Å²) in [6, 6.07) is 0. The molecule has 0 saturated carbocycles. The molecular weight excluding hydrogens is 172 g/mol. The van der Waals surface area contributed by atoms with Gasteiger partial charge in [0.15, 0.2) is 0 Å². The summed E-state index contributed by atoms with van der Waals surface area (Å²) in [4.78, 5) is 1.18. The summed E-state index contributed by atoms with van der Waals surface area (Å²) in [7, 11) is 0. The van der Waals surface area contributed by atoms with Gasteiger partial charge in [0.2, 0.25) is 0 Å². The third-order valence-electron chi connectivity index (χ3n) is 2.08. The predicted octanol–water partition coefficient (Wildman–Crippen LogP) is 1.41. The van der Waals surface area contributed by atoms with E-state index in [1.807, 2.05) is 20.8 Å². The first-order chi connectivity index (χ1) is 5.61. The molecular formula is C8H14N2OS. The Bertz CT molecular complexity index is 247. The van der Waals surface area contributed by atoms with Gasteiger partial charge < -0.3 is 5.11 Å². The summed E-state index contributed by atoms with van der Waals surface area (Å²) >= 11 is 1.42. The minimum atomic E-state index is -0.258. The Morgan fingerprint density at radius 3 is 2.58 bits per heavy atom. The van der Waals surface area contributed by atoms with Gasteiger partial charge in [-0.3, -0.25) is 0 Å². The third kappa shape index (κ3) is 2.25. The van der Waals surface area contributed by atoms with Crippen LogP contribution in [0.3, 0.4) is 0 Å². The first kappa shape index (κ1) is 9.61. The highest BCUT2D eigenvalue weighted by molar-refractivity contribution is 7.05. The van der Waals surface area contributed by atoms with Crippen LogP contribution in [-0.2, 0) is 6.42 Å². The Labute approximate surface area is 76.6 Å². The van der Waals surface area contributed by atoms with Crippen molar-refractivity contribution in [2.75, 3.05) is 0 Å². The van der Waals surface area contributed by atoms with Gasteiger partial charge in [0.1, 0.15) is 0 Å². The van der Waals surface area contributed by atoms with Gasteiger partial charge in [-0.15, -0.1) is 5.10 Å². The third-order valence-corrected chi connectivity index (χ3v) is 2.92. The van der Waals surface area contributed by atoms with Gasteiger partial charge in [-0.25, -0.2) is 0 Å². The van der Waals surface area contributed by atoms with Crippen molar-refractivity contribution < 1.29 is 5.11 Å². The second-order valence-corrected chi connectivity index (χ2v) is 4.04. The van der Waals surface area contributed by atoms with Gasteiger partial charge in [0, 0.05) is 4.88 Å². The largest absolute Gasteiger partial charge is 0.393 e. The molecule has 2 atom stereocenters. The average Bonchev–Trinajstić information content (AvgIpc) is 2.36. The summed E-state index contributed by atoms with van der Waals surface area (Å²) in [5.74, 6) is 0.283. The predicted molar refractivity (Wildman–Crippen MR) is 49.2 cm³/mol. The lowest BCUT2D eigenvalue weighted by Crippen LogP contribution is -2.15. The first-order valence-corrected chi connectivity index (χ1v) is 4.84. The van der Waals surface area contributed by atoms with Crippen LogP contribution >= 0.6 is 11.5 Å². The van der Waals surface area contributed by atoms with Crippen molar-refractivity contribution in [3.8, 4) is 0 Å². The van der Waals surface area contributed by atoms with Crippen LogP contribution in [-0.4, -0.2) is 20.8 Å². The van der Waals surface area contributed by atoms with Crippen LogP contribution < -0.4 is 0 Å². The maximum absolute atomic E-state index is 9.27. The molecule has 0 fully saturated rings. The number of hydrogen-bond acceptors (Lipinski definition) is 4. The molecule has 1 aromatic heterocycles. The van der Waals surface area contributed by atoms with Crippen LogP contribution in [0.2, 0.25) is 0 Å². The summed E-state index contributed by atoms with van der Waals surface area (Å²) in [5, 5.41) is 13.2. The van der Waals surface area contributed by atoms with E-state index in [1.165, 1.54) is 16.4 Å². The second-order valence-electron chi connectivity index (χ2n) is 3.20. The molecule has 0 spiro atoms. The number of aliphatic hydroxyl groups is 1. The van der Waals surface area contributed by atoms with Crippen molar-refractivity contribution in [3.63, 3.8) is 0 Å². The zero-order valence-electron chi connectivity index (χ0n) is 7.61. The van der Waals surface area contributed by atoms with Crippen LogP contribution in [0, 0.1) is 12.8 Å². The molecule has 0 amide bonds. The van der Waals surface area contributed by atoms with Gasteiger partial charge in [0.05, 0.1) is 11.8 Å². The lowest BCUT2D eigenvalue weighted by Gasteiger charge is -2.12. The molecule has 0 aliphatic heterocycles. The van der Waals surface area contributed by atoms with E-state index in [1.54, 1.807) is 0 Å². The van der Waals surface area contributed by atoms with E-state index >= 15 is 0 Å². The van der Waals surface area contributed by atoms with E-state index < -0.39 is 0 Å². The van der Waals surface area contributed by atoms with Crippen molar-refractivity contribution in [3.05, 3.63) is 10.6 Å². The maximum Gasteiger partial charge on any atom is 0.0756 e. The minimum Gasteiger partial charge on any atom is -0.393 e. The molecule has 0 aliphatic rings. The van der Waals surface area contributed by atoms with Gasteiger partial charge in [-0.05, 0) is 37.7 Å². The standard InChI is InChI=1S/C8H14N2OS/c1-5(7(3)11)4-8-6(2)9-10-12-8/h5,7,11H,4H2,1-3H3. The number of aliphatic hydroxyl groups excluding tert-OH is 1. The van der Waals surface area contributed by atoms with Crippen LogP contribution in [0.4, 0.5) is 0 Å². The first-order valence-electron chi connectivity index (χ1n) is 4.07. The van der Waals surface area contributed by atoms with Crippen molar-refractivity contribution in [1.29, 1.82) is 0 Å². The van der Waals surface area contributed by atoms with Gasteiger partial charge >= 0.3 is 0 Å². The summed E-state index contributed by atoms with van der Waals surface area (Å²) in [6.07, 6.45) is 0.618. The van der Waals surface area contributed by atoms with E-state index in [4.69, 9.17) is 0 Å². The molecule has 68 valence electrons. The highest BCUT2D eigenvalue weighted by Crippen LogP contribution is 2.16. The highest BCUT2D eigenvalue weighted by Gasteiger charge is 2.12. The number of aromatic nitrogens is 2. The fourth-order valence-corrected chi connectivity index (χ4v) is 1.67. The molecule has 1 rings (SSSR count). The second kappa shape index (κ2) is 3.96. The smallest absolute Gasteiger partial charge is 0.0756 e. The molecule has 1 heterocycles. The lowest BCUT2D eigenvalue weighted by molar-refractivity contribution is 0.135.